The molecule has 2 aromatic heterocycles. The first-order valence-corrected chi connectivity index (χ1v) is 7.38. The van der Waals surface area contributed by atoms with E-state index in [1.54, 1.807) is 0 Å². The van der Waals surface area contributed by atoms with Gasteiger partial charge in [0, 0.05) is 17.7 Å². The molecule has 0 aliphatic heterocycles. The van der Waals surface area contributed by atoms with Crippen molar-refractivity contribution in [2.24, 2.45) is 0 Å². The molecular weight excluding hydrogens is 294 g/mol. The lowest BCUT2D eigenvalue weighted by Crippen LogP contribution is -2.09. The van der Waals surface area contributed by atoms with Gasteiger partial charge < -0.3 is 0 Å². The fourth-order valence-electron chi connectivity index (χ4n) is 1.97. The highest BCUT2D eigenvalue weighted by Crippen LogP contribution is 2.14. The quantitative estimate of drug-likeness (QED) is 0.771. The van der Waals surface area contributed by atoms with Crippen LogP contribution in [0.3, 0.4) is 0 Å². The van der Waals surface area contributed by atoms with Crippen LogP contribution in [-0.4, -0.2) is 24.8 Å². The molecule has 0 unspecified atom stereocenters. The average Bonchev–Trinajstić information content (AvgIpc) is 3.01. The van der Waals surface area contributed by atoms with Crippen molar-refractivity contribution in [1.82, 2.24) is 24.8 Å². The summed E-state index contributed by atoms with van der Waals surface area (Å²) in [4.78, 5) is 0. The number of aromatic nitrogens is 5. The zero-order valence-electron chi connectivity index (χ0n) is 10.8. The number of nitrogens with zero attached hydrogens (tertiary/aromatic N) is 5. The molecule has 0 aromatic carbocycles. The van der Waals surface area contributed by atoms with Gasteiger partial charge in [-0.1, -0.05) is 35.0 Å². The highest BCUT2D eigenvalue weighted by molar-refractivity contribution is 9.08. The standard InChI is InChI=1S/C12H18BrN5/c1-3-12(4-2)18-6-5-10(15-18)8-17-9-11(7-13)14-16-17/h5-6,9,12H,3-4,7-8H2,1-2H3. The van der Waals surface area contributed by atoms with Gasteiger partial charge in [0.25, 0.3) is 0 Å². The molecule has 0 amide bonds. The van der Waals surface area contributed by atoms with E-state index in [2.05, 4.69) is 56.1 Å². The molecule has 0 atom stereocenters. The fraction of sp³-hybridized carbons (Fsp3) is 0.583. The maximum Gasteiger partial charge on any atom is 0.0932 e. The molecule has 0 spiro atoms. The summed E-state index contributed by atoms with van der Waals surface area (Å²) in [7, 11) is 0. The molecule has 0 aliphatic rings. The second-order valence-electron chi connectivity index (χ2n) is 4.30. The summed E-state index contributed by atoms with van der Waals surface area (Å²) < 4.78 is 3.87. The number of hydrogen-bond acceptors (Lipinski definition) is 3. The molecule has 18 heavy (non-hydrogen) atoms. The number of hydrogen-bond donors (Lipinski definition) is 0. The summed E-state index contributed by atoms with van der Waals surface area (Å²) >= 11 is 3.36. The van der Waals surface area contributed by atoms with E-state index in [1.807, 2.05) is 16.9 Å². The van der Waals surface area contributed by atoms with Crippen LogP contribution in [0.1, 0.15) is 44.1 Å². The highest BCUT2D eigenvalue weighted by Gasteiger charge is 2.08. The number of halogens is 1. The van der Waals surface area contributed by atoms with E-state index in [-0.39, 0.29) is 0 Å². The Labute approximate surface area is 115 Å². The average molecular weight is 312 g/mol. The SMILES string of the molecule is CCC(CC)n1ccc(Cn2cc(CBr)nn2)n1. The molecule has 2 heterocycles. The van der Waals surface area contributed by atoms with Gasteiger partial charge in [-0.25, -0.2) is 4.68 Å². The number of alkyl halides is 1. The monoisotopic (exact) mass is 311 g/mol. The smallest absolute Gasteiger partial charge is 0.0932 e. The largest absolute Gasteiger partial charge is 0.269 e. The Morgan fingerprint density at radius 2 is 2.06 bits per heavy atom. The Morgan fingerprint density at radius 1 is 1.28 bits per heavy atom. The topological polar surface area (TPSA) is 48.5 Å². The maximum atomic E-state index is 4.60. The summed E-state index contributed by atoms with van der Waals surface area (Å²) in [6, 6.07) is 2.54. The highest BCUT2D eigenvalue weighted by atomic mass is 79.9. The zero-order chi connectivity index (χ0) is 13.0. The minimum atomic E-state index is 0.493. The van der Waals surface area contributed by atoms with Crippen LogP contribution >= 0.6 is 15.9 Å². The molecule has 0 saturated carbocycles. The van der Waals surface area contributed by atoms with Gasteiger partial charge in [0.2, 0.25) is 0 Å². The van der Waals surface area contributed by atoms with E-state index >= 15 is 0 Å². The molecule has 0 radical (unpaired) electrons. The van der Waals surface area contributed by atoms with Crippen LogP contribution < -0.4 is 0 Å². The molecule has 0 bridgehead atoms. The summed E-state index contributed by atoms with van der Waals surface area (Å²) in [6.07, 6.45) is 6.20. The second-order valence-corrected chi connectivity index (χ2v) is 4.86. The third-order valence-electron chi connectivity index (χ3n) is 3.03. The Hall–Kier alpha value is -1.17. The van der Waals surface area contributed by atoms with Gasteiger partial charge in [-0.05, 0) is 18.9 Å². The van der Waals surface area contributed by atoms with Crippen molar-refractivity contribution in [2.75, 3.05) is 0 Å². The third kappa shape index (κ3) is 2.98. The van der Waals surface area contributed by atoms with Crippen LogP contribution in [0.25, 0.3) is 0 Å². The lowest BCUT2D eigenvalue weighted by atomic mass is 10.2. The Balaban J connectivity index is 2.06. The zero-order valence-corrected chi connectivity index (χ0v) is 12.3. The molecular formula is C12H18BrN5. The lowest BCUT2D eigenvalue weighted by molar-refractivity contribution is 0.423. The molecule has 0 fully saturated rings. The van der Waals surface area contributed by atoms with Gasteiger partial charge in [0.15, 0.2) is 0 Å². The fourth-order valence-corrected chi connectivity index (χ4v) is 2.23. The van der Waals surface area contributed by atoms with Crippen molar-refractivity contribution in [1.29, 1.82) is 0 Å². The van der Waals surface area contributed by atoms with Crippen LogP contribution in [0, 0.1) is 0 Å². The van der Waals surface area contributed by atoms with Crippen LogP contribution in [0.4, 0.5) is 0 Å². The summed E-state index contributed by atoms with van der Waals surface area (Å²) in [5.41, 5.74) is 1.96. The van der Waals surface area contributed by atoms with E-state index in [4.69, 9.17) is 0 Å². The van der Waals surface area contributed by atoms with Crippen LogP contribution in [0.2, 0.25) is 0 Å². The van der Waals surface area contributed by atoms with Gasteiger partial charge in [-0.15, -0.1) is 5.10 Å². The molecule has 0 saturated heterocycles. The van der Waals surface area contributed by atoms with Crippen molar-refractivity contribution in [3.05, 3.63) is 29.8 Å². The molecule has 0 N–H and O–H groups in total. The third-order valence-corrected chi connectivity index (χ3v) is 3.60. The summed E-state index contributed by atoms with van der Waals surface area (Å²) in [5, 5.41) is 13.4. The van der Waals surface area contributed by atoms with E-state index in [9.17, 15) is 0 Å². The molecule has 6 heteroatoms. The van der Waals surface area contributed by atoms with Crippen molar-refractivity contribution < 1.29 is 0 Å². The Morgan fingerprint density at radius 3 is 2.67 bits per heavy atom. The first kappa shape index (κ1) is 13.3. The van der Waals surface area contributed by atoms with Crippen LogP contribution in [0.15, 0.2) is 18.5 Å². The van der Waals surface area contributed by atoms with E-state index < -0.39 is 0 Å². The van der Waals surface area contributed by atoms with Crippen molar-refractivity contribution >= 4 is 15.9 Å². The van der Waals surface area contributed by atoms with E-state index in [1.165, 1.54) is 0 Å². The summed E-state index contributed by atoms with van der Waals surface area (Å²) in [5.74, 6) is 0. The van der Waals surface area contributed by atoms with Gasteiger partial charge in [-0.3, -0.25) is 4.68 Å². The van der Waals surface area contributed by atoms with Crippen molar-refractivity contribution in [3.63, 3.8) is 0 Å². The predicted molar refractivity (Wildman–Crippen MR) is 73.6 cm³/mol. The normalized spacial score (nSPS) is 11.3. The van der Waals surface area contributed by atoms with E-state index in [0.29, 0.717) is 12.6 Å². The second kappa shape index (κ2) is 6.13. The lowest BCUT2D eigenvalue weighted by Gasteiger charge is -2.12. The first-order chi connectivity index (χ1) is 8.76. The first-order valence-electron chi connectivity index (χ1n) is 6.25. The molecule has 98 valence electrons. The summed E-state index contributed by atoms with van der Waals surface area (Å²) in [6.45, 7) is 5.05. The van der Waals surface area contributed by atoms with Crippen LogP contribution in [0.5, 0.6) is 0 Å². The van der Waals surface area contributed by atoms with Gasteiger partial charge in [0.1, 0.15) is 0 Å². The van der Waals surface area contributed by atoms with E-state index in [0.717, 1.165) is 29.6 Å². The van der Waals surface area contributed by atoms with Crippen molar-refractivity contribution in [3.8, 4) is 0 Å². The van der Waals surface area contributed by atoms with Crippen LogP contribution in [-0.2, 0) is 11.9 Å². The Bertz CT molecular complexity index is 486. The number of rotatable bonds is 6. The molecule has 0 aliphatic carbocycles. The maximum absolute atomic E-state index is 4.60. The van der Waals surface area contributed by atoms with Gasteiger partial charge in [-0.2, -0.15) is 5.10 Å². The predicted octanol–water partition coefficient (Wildman–Crippen LogP) is 2.78. The van der Waals surface area contributed by atoms with Gasteiger partial charge in [0.05, 0.1) is 24.0 Å². The van der Waals surface area contributed by atoms with Gasteiger partial charge >= 0.3 is 0 Å². The molecule has 2 rings (SSSR count). The van der Waals surface area contributed by atoms with Crippen molar-refractivity contribution in [2.45, 2.75) is 44.6 Å². The minimum absolute atomic E-state index is 0.493. The molecule has 2 aromatic rings. The Kier molecular flexibility index (Phi) is 4.52. The molecule has 5 nitrogen and oxygen atoms in total. The minimum Gasteiger partial charge on any atom is -0.269 e.